The first-order valence-corrected chi connectivity index (χ1v) is 6.73. The molecule has 0 aromatic heterocycles. The highest BCUT2D eigenvalue weighted by Crippen LogP contribution is 2.29. The van der Waals surface area contributed by atoms with Gasteiger partial charge in [0.2, 0.25) is 0 Å². The van der Waals surface area contributed by atoms with Gasteiger partial charge < -0.3 is 5.73 Å². The van der Waals surface area contributed by atoms with Crippen LogP contribution in [0.3, 0.4) is 0 Å². The second-order valence-corrected chi connectivity index (χ2v) is 5.63. The summed E-state index contributed by atoms with van der Waals surface area (Å²) in [6, 6.07) is 9.15. The van der Waals surface area contributed by atoms with E-state index in [1.807, 2.05) is 12.1 Å². The van der Waals surface area contributed by atoms with Crippen LogP contribution in [0, 0.1) is 5.92 Å². The Morgan fingerprint density at radius 3 is 2.41 bits per heavy atom. The lowest BCUT2D eigenvalue weighted by atomic mass is 10.1. The van der Waals surface area contributed by atoms with Gasteiger partial charge in [0.25, 0.3) is 0 Å². The molecule has 2 nitrogen and oxygen atoms in total. The highest BCUT2D eigenvalue weighted by Gasteiger charge is 2.28. The Balaban J connectivity index is 1.90. The van der Waals surface area contributed by atoms with Crippen molar-refractivity contribution in [2.24, 2.45) is 5.92 Å². The molecule has 1 aromatic carbocycles. The number of benzene rings is 1. The van der Waals surface area contributed by atoms with Crippen LogP contribution in [-0.4, -0.2) is 17.5 Å². The second-order valence-electron chi connectivity index (χ2n) is 5.63. The van der Waals surface area contributed by atoms with Crippen molar-refractivity contribution in [1.82, 2.24) is 4.90 Å². The Morgan fingerprint density at radius 2 is 1.88 bits per heavy atom. The van der Waals surface area contributed by atoms with Crippen molar-refractivity contribution < 1.29 is 0 Å². The van der Waals surface area contributed by atoms with Gasteiger partial charge in [-0.15, -0.1) is 0 Å². The van der Waals surface area contributed by atoms with Crippen molar-refractivity contribution in [2.75, 3.05) is 12.3 Å². The van der Waals surface area contributed by atoms with Crippen molar-refractivity contribution in [3.05, 3.63) is 29.8 Å². The van der Waals surface area contributed by atoms with E-state index in [0.717, 1.165) is 24.2 Å². The second kappa shape index (κ2) is 5.54. The van der Waals surface area contributed by atoms with Gasteiger partial charge in [0, 0.05) is 18.3 Å². The van der Waals surface area contributed by atoms with Gasteiger partial charge in [0.1, 0.15) is 0 Å². The third-order valence-corrected chi connectivity index (χ3v) is 3.42. The highest BCUT2D eigenvalue weighted by molar-refractivity contribution is 5.39. The van der Waals surface area contributed by atoms with E-state index in [4.69, 9.17) is 5.73 Å². The Labute approximate surface area is 105 Å². The van der Waals surface area contributed by atoms with Crippen LogP contribution >= 0.6 is 0 Å². The minimum atomic E-state index is 0.794. The lowest BCUT2D eigenvalue weighted by Gasteiger charge is -2.23. The molecule has 17 heavy (non-hydrogen) atoms. The highest BCUT2D eigenvalue weighted by atomic mass is 15.2. The number of nitrogens with zero attached hydrogens (tertiary/aromatic N) is 1. The standard InChI is InChI=1S/C15H24N2/c1-12(2)9-10-17(15-7-8-15)11-13-3-5-14(16)6-4-13/h3-6,12,15H,7-11,16H2,1-2H3. The average Bonchev–Trinajstić information content (AvgIpc) is 3.10. The first-order chi connectivity index (χ1) is 8.15. The summed E-state index contributed by atoms with van der Waals surface area (Å²) in [6.45, 7) is 6.91. The summed E-state index contributed by atoms with van der Waals surface area (Å²) in [4.78, 5) is 2.63. The molecule has 0 spiro atoms. The normalized spacial score (nSPS) is 15.8. The van der Waals surface area contributed by atoms with E-state index >= 15 is 0 Å². The van der Waals surface area contributed by atoms with E-state index in [9.17, 15) is 0 Å². The maximum atomic E-state index is 5.71. The minimum Gasteiger partial charge on any atom is -0.399 e. The van der Waals surface area contributed by atoms with Gasteiger partial charge in [-0.05, 0) is 49.4 Å². The Morgan fingerprint density at radius 1 is 1.24 bits per heavy atom. The maximum absolute atomic E-state index is 5.71. The average molecular weight is 232 g/mol. The molecule has 1 fully saturated rings. The van der Waals surface area contributed by atoms with Crippen LogP contribution in [-0.2, 0) is 6.54 Å². The molecule has 2 N–H and O–H groups in total. The van der Waals surface area contributed by atoms with E-state index in [1.165, 1.54) is 31.4 Å². The van der Waals surface area contributed by atoms with Crippen molar-refractivity contribution >= 4 is 5.69 Å². The largest absolute Gasteiger partial charge is 0.399 e. The molecule has 0 bridgehead atoms. The molecule has 0 aliphatic heterocycles. The Kier molecular flexibility index (Phi) is 4.06. The van der Waals surface area contributed by atoms with E-state index in [2.05, 4.69) is 30.9 Å². The molecule has 2 heteroatoms. The molecular formula is C15H24N2. The lowest BCUT2D eigenvalue weighted by molar-refractivity contribution is 0.239. The summed E-state index contributed by atoms with van der Waals surface area (Å²) in [5.74, 6) is 0.794. The molecule has 1 aliphatic rings. The summed E-state index contributed by atoms with van der Waals surface area (Å²) in [5.41, 5.74) is 7.95. The minimum absolute atomic E-state index is 0.794. The predicted octanol–water partition coefficient (Wildman–Crippen LogP) is 3.28. The van der Waals surface area contributed by atoms with Gasteiger partial charge in [-0.2, -0.15) is 0 Å². The molecule has 1 aromatic rings. The van der Waals surface area contributed by atoms with Gasteiger partial charge >= 0.3 is 0 Å². The van der Waals surface area contributed by atoms with Crippen LogP contribution in [0.25, 0.3) is 0 Å². The molecule has 0 heterocycles. The maximum Gasteiger partial charge on any atom is 0.0314 e. The van der Waals surface area contributed by atoms with E-state index in [0.29, 0.717) is 0 Å². The van der Waals surface area contributed by atoms with Crippen LogP contribution in [0.15, 0.2) is 24.3 Å². The number of nitrogen functional groups attached to an aromatic ring is 1. The van der Waals surface area contributed by atoms with Crippen LogP contribution < -0.4 is 5.73 Å². The summed E-state index contributed by atoms with van der Waals surface area (Å²) in [5, 5.41) is 0. The summed E-state index contributed by atoms with van der Waals surface area (Å²) >= 11 is 0. The van der Waals surface area contributed by atoms with Crippen LogP contribution in [0.2, 0.25) is 0 Å². The first kappa shape index (κ1) is 12.4. The number of anilines is 1. The molecule has 2 rings (SSSR count). The smallest absolute Gasteiger partial charge is 0.0314 e. The monoisotopic (exact) mass is 232 g/mol. The summed E-state index contributed by atoms with van der Waals surface area (Å²) in [6.07, 6.45) is 4.06. The third-order valence-electron chi connectivity index (χ3n) is 3.42. The molecule has 0 unspecified atom stereocenters. The molecule has 94 valence electrons. The molecule has 0 saturated heterocycles. The van der Waals surface area contributed by atoms with Crippen molar-refractivity contribution in [3.63, 3.8) is 0 Å². The number of hydrogen-bond donors (Lipinski definition) is 1. The fraction of sp³-hybridized carbons (Fsp3) is 0.600. The zero-order chi connectivity index (χ0) is 12.3. The van der Waals surface area contributed by atoms with Crippen LogP contribution in [0.5, 0.6) is 0 Å². The van der Waals surface area contributed by atoms with Crippen LogP contribution in [0.4, 0.5) is 5.69 Å². The van der Waals surface area contributed by atoms with Gasteiger partial charge in [-0.25, -0.2) is 0 Å². The van der Waals surface area contributed by atoms with Crippen molar-refractivity contribution in [1.29, 1.82) is 0 Å². The van der Waals surface area contributed by atoms with Crippen molar-refractivity contribution in [3.8, 4) is 0 Å². The van der Waals surface area contributed by atoms with E-state index in [1.54, 1.807) is 0 Å². The zero-order valence-corrected chi connectivity index (χ0v) is 11.0. The van der Waals surface area contributed by atoms with Crippen molar-refractivity contribution in [2.45, 2.75) is 45.7 Å². The zero-order valence-electron chi connectivity index (χ0n) is 11.0. The van der Waals surface area contributed by atoms with Gasteiger partial charge in [0.15, 0.2) is 0 Å². The summed E-state index contributed by atoms with van der Waals surface area (Å²) in [7, 11) is 0. The van der Waals surface area contributed by atoms with Gasteiger partial charge in [0.05, 0.1) is 0 Å². The fourth-order valence-electron chi connectivity index (χ4n) is 2.11. The van der Waals surface area contributed by atoms with E-state index < -0.39 is 0 Å². The number of rotatable bonds is 6. The molecule has 0 atom stereocenters. The van der Waals surface area contributed by atoms with Gasteiger partial charge in [-0.3, -0.25) is 4.90 Å². The molecule has 0 radical (unpaired) electrons. The molecule has 0 amide bonds. The molecule has 1 aliphatic carbocycles. The SMILES string of the molecule is CC(C)CCN(Cc1ccc(N)cc1)C1CC1. The quantitative estimate of drug-likeness (QED) is 0.763. The first-order valence-electron chi connectivity index (χ1n) is 6.73. The number of hydrogen-bond acceptors (Lipinski definition) is 2. The van der Waals surface area contributed by atoms with E-state index in [-0.39, 0.29) is 0 Å². The predicted molar refractivity (Wildman–Crippen MR) is 73.7 cm³/mol. The Bertz CT molecular complexity index is 338. The molecule has 1 saturated carbocycles. The Hall–Kier alpha value is -1.02. The third kappa shape index (κ3) is 4.04. The fourth-order valence-corrected chi connectivity index (χ4v) is 2.11. The molecular weight excluding hydrogens is 208 g/mol. The lowest BCUT2D eigenvalue weighted by Crippen LogP contribution is -2.27. The summed E-state index contributed by atoms with van der Waals surface area (Å²) < 4.78 is 0. The number of nitrogens with two attached hydrogens (primary N) is 1. The topological polar surface area (TPSA) is 29.3 Å². The van der Waals surface area contributed by atoms with Gasteiger partial charge in [-0.1, -0.05) is 26.0 Å². The van der Waals surface area contributed by atoms with Crippen LogP contribution in [0.1, 0.15) is 38.7 Å².